The molecule has 3 aromatic carbocycles. The second kappa shape index (κ2) is 7.59. The molecule has 0 saturated carbocycles. The van der Waals surface area contributed by atoms with E-state index in [1.165, 1.54) is 29.2 Å². The first kappa shape index (κ1) is 19.6. The quantitative estimate of drug-likeness (QED) is 0.379. The van der Waals surface area contributed by atoms with Crippen LogP contribution in [0.1, 0.15) is 28.3 Å². The van der Waals surface area contributed by atoms with Crippen molar-refractivity contribution in [1.29, 1.82) is 0 Å². The number of anilines is 1. The summed E-state index contributed by atoms with van der Waals surface area (Å²) in [6, 6.07) is 19.1. The maximum absolute atomic E-state index is 13.3. The van der Waals surface area contributed by atoms with E-state index >= 15 is 0 Å². The molecular weight excluding hydrogens is 381 g/mol. The summed E-state index contributed by atoms with van der Waals surface area (Å²) in [5.74, 6) is -2.27. The monoisotopic (exact) mass is 401 g/mol. The summed E-state index contributed by atoms with van der Waals surface area (Å²) in [5, 5.41) is 11.0. The van der Waals surface area contributed by atoms with Crippen LogP contribution in [0.4, 0.5) is 10.1 Å². The highest BCUT2D eigenvalue weighted by Gasteiger charge is 2.46. The van der Waals surface area contributed by atoms with E-state index < -0.39 is 23.5 Å². The molecule has 1 fully saturated rings. The van der Waals surface area contributed by atoms with Crippen molar-refractivity contribution in [3.8, 4) is 0 Å². The van der Waals surface area contributed by atoms with E-state index in [1.54, 1.807) is 0 Å². The fraction of sp³-hybridized carbons (Fsp3) is 0.120. The lowest BCUT2D eigenvalue weighted by molar-refractivity contribution is -0.132. The van der Waals surface area contributed by atoms with Crippen molar-refractivity contribution in [1.82, 2.24) is 0 Å². The number of hydrogen-bond acceptors (Lipinski definition) is 3. The normalized spacial score (nSPS) is 18.1. The summed E-state index contributed by atoms with van der Waals surface area (Å²) in [5.41, 5.74) is 3.45. The van der Waals surface area contributed by atoms with E-state index in [4.69, 9.17) is 0 Å². The van der Waals surface area contributed by atoms with Crippen molar-refractivity contribution in [2.75, 3.05) is 4.90 Å². The summed E-state index contributed by atoms with van der Waals surface area (Å²) < 4.78 is 13.3. The Morgan fingerprint density at radius 1 is 0.900 bits per heavy atom. The van der Waals surface area contributed by atoms with Crippen molar-refractivity contribution in [2.45, 2.75) is 19.9 Å². The summed E-state index contributed by atoms with van der Waals surface area (Å²) in [4.78, 5) is 27.5. The number of carbonyl (C=O) groups is 2. The number of carbonyl (C=O) groups excluding carboxylic acids is 2. The van der Waals surface area contributed by atoms with Crippen LogP contribution in [0.2, 0.25) is 0 Å². The molecule has 1 N–H and O–H groups in total. The van der Waals surface area contributed by atoms with E-state index in [1.807, 2.05) is 62.4 Å². The molecule has 3 aromatic rings. The largest absolute Gasteiger partial charge is 0.507 e. The van der Waals surface area contributed by atoms with Gasteiger partial charge in [-0.05, 0) is 66.9 Å². The Hall–Kier alpha value is -3.73. The maximum Gasteiger partial charge on any atom is 0.300 e. The lowest BCUT2D eigenvalue weighted by atomic mass is 9.95. The molecule has 0 radical (unpaired) electrons. The predicted octanol–water partition coefficient (Wildman–Crippen LogP) is 5.07. The van der Waals surface area contributed by atoms with Gasteiger partial charge in [0.15, 0.2) is 0 Å². The molecule has 4 rings (SSSR count). The molecule has 0 spiro atoms. The maximum atomic E-state index is 13.3. The molecule has 1 unspecified atom stereocenters. The fourth-order valence-electron chi connectivity index (χ4n) is 3.90. The molecule has 1 heterocycles. The number of aliphatic hydroxyl groups excluding tert-OH is 1. The number of aryl methyl sites for hydroxylation is 2. The minimum absolute atomic E-state index is 0.0167. The summed E-state index contributed by atoms with van der Waals surface area (Å²) in [7, 11) is 0. The minimum atomic E-state index is -0.794. The molecule has 1 amide bonds. The van der Waals surface area contributed by atoms with Crippen LogP contribution in [0, 0.1) is 19.7 Å². The zero-order chi connectivity index (χ0) is 21.4. The number of ketones is 1. The number of halogens is 1. The van der Waals surface area contributed by atoms with Gasteiger partial charge in [-0.25, -0.2) is 4.39 Å². The Balaban J connectivity index is 1.96. The first-order chi connectivity index (χ1) is 14.4. The summed E-state index contributed by atoms with van der Waals surface area (Å²) >= 11 is 0. The van der Waals surface area contributed by atoms with Gasteiger partial charge in [-0.3, -0.25) is 14.5 Å². The Kier molecular flexibility index (Phi) is 4.96. The Morgan fingerprint density at radius 2 is 1.50 bits per heavy atom. The zero-order valence-corrected chi connectivity index (χ0v) is 16.6. The first-order valence-electron chi connectivity index (χ1n) is 9.57. The third-order valence-electron chi connectivity index (χ3n) is 5.16. The van der Waals surface area contributed by atoms with Gasteiger partial charge in [0.05, 0.1) is 11.6 Å². The van der Waals surface area contributed by atoms with Crippen LogP contribution < -0.4 is 4.90 Å². The van der Waals surface area contributed by atoms with Crippen LogP contribution >= 0.6 is 0 Å². The molecule has 0 aromatic heterocycles. The van der Waals surface area contributed by atoms with Crippen LogP contribution in [0.15, 0.2) is 78.4 Å². The van der Waals surface area contributed by atoms with Gasteiger partial charge in [-0.1, -0.05) is 36.4 Å². The van der Waals surface area contributed by atoms with Gasteiger partial charge in [-0.15, -0.1) is 0 Å². The third kappa shape index (κ3) is 3.39. The second-order valence-electron chi connectivity index (χ2n) is 7.43. The van der Waals surface area contributed by atoms with E-state index in [2.05, 4.69) is 0 Å². The van der Waals surface area contributed by atoms with E-state index in [-0.39, 0.29) is 16.9 Å². The molecular formula is C25H20FNO3. The molecule has 0 bridgehead atoms. The topological polar surface area (TPSA) is 57.6 Å². The second-order valence-corrected chi connectivity index (χ2v) is 7.43. The standard InChI is InChI=1S/C25H20FNO3/c1-15-12-16(2)14-20(13-15)27-22(17-6-4-3-5-7-17)21(24(29)25(27)30)23(28)18-8-10-19(26)11-9-18/h3-14,22,28H,1-2H3/b23-21+. The Bertz CT molecular complexity index is 1150. The van der Waals surface area contributed by atoms with E-state index in [0.29, 0.717) is 11.3 Å². The minimum Gasteiger partial charge on any atom is -0.507 e. The average molecular weight is 401 g/mol. The number of aliphatic hydroxyl groups is 1. The number of amides is 1. The van der Waals surface area contributed by atoms with Crippen molar-refractivity contribution in [2.24, 2.45) is 0 Å². The molecule has 1 saturated heterocycles. The average Bonchev–Trinajstić information content (AvgIpc) is 2.99. The van der Waals surface area contributed by atoms with Gasteiger partial charge in [0.2, 0.25) is 0 Å². The molecule has 5 heteroatoms. The van der Waals surface area contributed by atoms with Gasteiger partial charge in [0.25, 0.3) is 11.7 Å². The SMILES string of the molecule is Cc1cc(C)cc(N2C(=O)C(=O)/C(=C(/O)c3ccc(F)cc3)C2c2ccccc2)c1. The summed E-state index contributed by atoms with van der Waals surface area (Å²) in [6.45, 7) is 3.84. The Labute approximate surface area is 173 Å². The van der Waals surface area contributed by atoms with Crippen LogP contribution in [-0.4, -0.2) is 16.8 Å². The van der Waals surface area contributed by atoms with Gasteiger partial charge in [0.1, 0.15) is 11.6 Å². The number of Topliss-reactive ketones (excluding diaryl/α,β-unsaturated/α-hetero) is 1. The lowest BCUT2D eigenvalue weighted by Gasteiger charge is -2.26. The molecule has 1 atom stereocenters. The number of benzene rings is 3. The molecule has 150 valence electrons. The molecule has 0 aliphatic carbocycles. The van der Waals surface area contributed by atoms with Crippen molar-refractivity contribution < 1.29 is 19.1 Å². The van der Waals surface area contributed by atoms with Gasteiger partial charge < -0.3 is 5.11 Å². The van der Waals surface area contributed by atoms with Crippen LogP contribution in [0.25, 0.3) is 5.76 Å². The van der Waals surface area contributed by atoms with Gasteiger partial charge in [0, 0.05) is 11.3 Å². The highest BCUT2D eigenvalue weighted by atomic mass is 19.1. The fourth-order valence-corrected chi connectivity index (χ4v) is 3.90. The third-order valence-corrected chi connectivity index (χ3v) is 5.16. The predicted molar refractivity (Wildman–Crippen MR) is 114 cm³/mol. The number of nitrogens with zero attached hydrogens (tertiary/aromatic N) is 1. The molecule has 30 heavy (non-hydrogen) atoms. The van der Waals surface area contributed by atoms with Crippen molar-refractivity contribution >= 4 is 23.1 Å². The highest BCUT2D eigenvalue weighted by Crippen LogP contribution is 2.42. The van der Waals surface area contributed by atoms with E-state index in [0.717, 1.165) is 11.1 Å². The smallest absolute Gasteiger partial charge is 0.300 e. The first-order valence-corrected chi connectivity index (χ1v) is 9.57. The van der Waals surface area contributed by atoms with Gasteiger partial charge >= 0.3 is 0 Å². The number of rotatable bonds is 3. The zero-order valence-electron chi connectivity index (χ0n) is 16.6. The van der Waals surface area contributed by atoms with E-state index in [9.17, 15) is 19.1 Å². The van der Waals surface area contributed by atoms with Crippen molar-refractivity contribution in [3.63, 3.8) is 0 Å². The van der Waals surface area contributed by atoms with Crippen LogP contribution in [0.5, 0.6) is 0 Å². The van der Waals surface area contributed by atoms with Crippen molar-refractivity contribution in [3.05, 3.63) is 106 Å². The van der Waals surface area contributed by atoms with Gasteiger partial charge in [-0.2, -0.15) is 0 Å². The van der Waals surface area contributed by atoms with Crippen LogP contribution in [-0.2, 0) is 9.59 Å². The number of hydrogen-bond donors (Lipinski definition) is 1. The molecule has 1 aliphatic rings. The summed E-state index contributed by atoms with van der Waals surface area (Å²) in [6.07, 6.45) is 0. The Morgan fingerprint density at radius 3 is 2.10 bits per heavy atom. The molecule has 1 aliphatic heterocycles. The molecule has 4 nitrogen and oxygen atoms in total. The van der Waals surface area contributed by atoms with Crippen LogP contribution in [0.3, 0.4) is 0 Å². The lowest BCUT2D eigenvalue weighted by Crippen LogP contribution is -2.29. The highest BCUT2D eigenvalue weighted by molar-refractivity contribution is 6.51.